The zero-order valence-corrected chi connectivity index (χ0v) is 18.4. The zero-order valence-electron chi connectivity index (χ0n) is 17.6. The number of rotatable bonds is 4. The second-order valence-electron chi connectivity index (χ2n) is 8.26. The van der Waals surface area contributed by atoms with Crippen LogP contribution in [0.15, 0.2) is 54.6 Å². The van der Waals surface area contributed by atoms with Crippen molar-refractivity contribution in [3.63, 3.8) is 0 Å². The molecule has 30 heavy (non-hydrogen) atoms. The van der Waals surface area contributed by atoms with E-state index in [1.807, 2.05) is 41.3 Å². The fraction of sp³-hybridized carbons (Fsp3) is 0.375. The van der Waals surface area contributed by atoms with Crippen LogP contribution in [0, 0.1) is 0 Å². The van der Waals surface area contributed by atoms with Gasteiger partial charge in [0.25, 0.3) is 0 Å². The van der Waals surface area contributed by atoms with Crippen molar-refractivity contribution in [1.82, 2.24) is 9.80 Å². The van der Waals surface area contributed by atoms with Gasteiger partial charge in [-0.25, -0.2) is 4.79 Å². The van der Waals surface area contributed by atoms with E-state index in [9.17, 15) is 4.79 Å². The van der Waals surface area contributed by atoms with Gasteiger partial charge in [-0.3, -0.25) is 0 Å². The number of hydrogen-bond acceptors (Lipinski definition) is 3. The van der Waals surface area contributed by atoms with Crippen LogP contribution in [0.3, 0.4) is 0 Å². The molecule has 6 heteroatoms. The number of carbonyl (C=O) groups excluding carboxylic acids is 1. The van der Waals surface area contributed by atoms with Crippen LogP contribution in [-0.4, -0.2) is 62.1 Å². The largest absolute Gasteiger partial charge is 0.370 e. The highest BCUT2D eigenvalue weighted by Gasteiger charge is 2.24. The second kappa shape index (κ2) is 9.11. The maximum absolute atomic E-state index is 12.7. The molecule has 0 saturated carbocycles. The van der Waals surface area contributed by atoms with Crippen molar-refractivity contribution in [1.29, 1.82) is 0 Å². The third kappa shape index (κ3) is 4.79. The highest BCUT2D eigenvalue weighted by atomic mass is 35.5. The van der Waals surface area contributed by atoms with Crippen molar-refractivity contribution in [2.75, 3.05) is 50.5 Å². The molecule has 2 heterocycles. The first-order valence-corrected chi connectivity index (χ1v) is 10.9. The van der Waals surface area contributed by atoms with Crippen LogP contribution in [0.25, 0.3) is 5.57 Å². The molecule has 0 spiro atoms. The molecule has 0 radical (unpaired) electrons. The SMILES string of the molecule is CN(C)C1CCN(c2ccc(NC(=O)N3CC=C(c4ccc(Cl)cc4)CC3)cc2)C1. The molecule has 5 nitrogen and oxygen atoms in total. The Morgan fingerprint density at radius 1 is 1.07 bits per heavy atom. The third-order valence-electron chi connectivity index (χ3n) is 6.09. The number of anilines is 2. The third-order valence-corrected chi connectivity index (χ3v) is 6.34. The quantitative estimate of drug-likeness (QED) is 0.766. The van der Waals surface area contributed by atoms with E-state index >= 15 is 0 Å². The molecule has 2 aliphatic rings. The number of urea groups is 1. The van der Waals surface area contributed by atoms with Gasteiger partial charge in [0, 0.05) is 48.6 Å². The number of halogens is 1. The first kappa shape index (κ1) is 20.8. The van der Waals surface area contributed by atoms with Crippen molar-refractivity contribution >= 4 is 34.6 Å². The normalized spacial score (nSPS) is 19.2. The van der Waals surface area contributed by atoms with E-state index in [4.69, 9.17) is 11.6 Å². The van der Waals surface area contributed by atoms with Gasteiger partial charge >= 0.3 is 6.03 Å². The lowest BCUT2D eigenvalue weighted by Gasteiger charge is -2.27. The molecule has 158 valence electrons. The summed E-state index contributed by atoms with van der Waals surface area (Å²) >= 11 is 5.97. The summed E-state index contributed by atoms with van der Waals surface area (Å²) in [6.45, 7) is 3.44. The Morgan fingerprint density at radius 2 is 1.80 bits per heavy atom. The van der Waals surface area contributed by atoms with Gasteiger partial charge in [-0.2, -0.15) is 0 Å². The maximum atomic E-state index is 12.7. The van der Waals surface area contributed by atoms with Crippen LogP contribution in [0.1, 0.15) is 18.4 Å². The summed E-state index contributed by atoms with van der Waals surface area (Å²) in [6, 6.07) is 16.6. The summed E-state index contributed by atoms with van der Waals surface area (Å²) < 4.78 is 0. The zero-order chi connectivity index (χ0) is 21.1. The fourth-order valence-electron chi connectivity index (χ4n) is 4.14. The molecule has 0 aromatic heterocycles. The van der Waals surface area contributed by atoms with Gasteiger partial charge in [0.1, 0.15) is 0 Å². The molecule has 1 saturated heterocycles. The topological polar surface area (TPSA) is 38.8 Å². The Bertz CT molecular complexity index is 908. The number of benzene rings is 2. The molecule has 0 aliphatic carbocycles. The van der Waals surface area contributed by atoms with Crippen LogP contribution in [0.4, 0.5) is 16.2 Å². The van der Waals surface area contributed by atoms with Crippen LogP contribution < -0.4 is 10.2 Å². The highest BCUT2D eigenvalue weighted by Crippen LogP contribution is 2.26. The average Bonchev–Trinajstić information content (AvgIpc) is 3.26. The minimum Gasteiger partial charge on any atom is -0.370 e. The average molecular weight is 425 g/mol. The molecule has 1 N–H and O–H groups in total. The monoisotopic (exact) mass is 424 g/mol. The van der Waals surface area contributed by atoms with E-state index in [1.165, 1.54) is 23.2 Å². The van der Waals surface area contributed by atoms with Crippen molar-refractivity contribution in [3.8, 4) is 0 Å². The van der Waals surface area contributed by atoms with E-state index in [0.29, 0.717) is 19.1 Å². The minimum absolute atomic E-state index is 0.0528. The summed E-state index contributed by atoms with van der Waals surface area (Å²) in [5.41, 5.74) is 4.49. The Labute approximate surface area is 183 Å². The summed E-state index contributed by atoms with van der Waals surface area (Å²) in [7, 11) is 4.28. The molecule has 1 unspecified atom stereocenters. The van der Waals surface area contributed by atoms with Crippen molar-refractivity contribution < 1.29 is 4.79 Å². The van der Waals surface area contributed by atoms with Gasteiger partial charge in [0.15, 0.2) is 0 Å². The summed E-state index contributed by atoms with van der Waals surface area (Å²) in [6.07, 6.45) is 4.16. The second-order valence-corrected chi connectivity index (χ2v) is 8.70. The van der Waals surface area contributed by atoms with E-state index in [0.717, 1.165) is 30.2 Å². The van der Waals surface area contributed by atoms with Crippen LogP contribution >= 0.6 is 11.6 Å². The molecule has 2 aromatic rings. The first-order valence-electron chi connectivity index (χ1n) is 10.5. The lowest BCUT2D eigenvalue weighted by molar-refractivity contribution is 0.217. The minimum atomic E-state index is -0.0528. The Balaban J connectivity index is 1.32. The molecule has 2 aliphatic heterocycles. The molecule has 2 aromatic carbocycles. The molecule has 2 amide bonds. The number of carbonyl (C=O) groups is 1. The molecular weight excluding hydrogens is 396 g/mol. The Kier molecular flexibility index (Phi) is 6.30. The van der Waals surface area contributed by atoms with Crippen LogP contribution in [-0.2, 0) is 0 Å². The smallest absolute Gasteiger partial charge is 0.322 e. The maximum Gasteiger partial charge on any atom is 0.322 e. The van der Waals surface area contributed by atoms with Crippen LogP contribution in [0.2, 0.25) is 5.02 Å². The van der Waals surface area contributed by atoms with E-state index in [-0.39, 0.29) is 6.03 Å². The molecular formula is C24H29ClN4O. The van der Waals surface area contributed by atoms with Crippen LogP contribution in [0.5, 0.6) is 0 Å². The van der Waals surface area contributed by atoms with Gasteiger partial charge in [0.05, 0.1) is 0 Å². The van der Waals surface area contributed by atoms with Gasteiger partial charge in [-0.05, 0) is 74.5 Å². The van der Waals surface area contributed by atoms with E-state index < -0.39 is 0 Å². The first-order chi connectivity index (χ1) is 14.5. The molecule has 1 fully saturated rings. The highest BCUT2D eigenvalue weighted by molar-refractivity contribution is 6.30. The van der Waals surface area contributed by atoms with Crippen molar-refractivity contribution in [2.24, 2.45) is 0 Å². The number of likely N-dealkylation sites (N-methyl/N-ethyl adjacent to an activating group) is 1. The number of nitrogens with one attached hydrogen (secondary N) is 1. The van der Waals surface area contributed by atoms with Gasteiger partial charge in [0.2, 0.25) is 0 Å². The molecule has 1 atom stereocenters. The fourth-order valence-corrected chi connectivity index (χ4v) is 4.26. The molecule has 4 rings (SSSR count). The van der Waals surface area contributed by atoms with Gasteiger partial charge in [-0.1, -0.05) is 29.8 Å². The lowest BCUT2D eigenvalue weighted by Crippen LogP contribution is -2.37. The van der Waals surface area contributed by atoms with E-state index in [2.05, 4.69) is 47.4 Å². The summed E-state index contributed by atoms with van der Waals surface area (Å²) in [4.78, 5) is 19.2. The number of hydrogen-bond donors (Lipinski definition) is 1. The summed E-state index contributed by atoms with van der Waals surface area (Å²) in [5.74, 6) is 0. The van der Waals surface area contributed by atoms with Crippen molar-refractivity contribution in [2.45, 2.75) is 18.9 Å². The molecule has 0 bridgehead atoms. The lowest BCUT2D eigenvalue weighted by atomic mass is 10.00. The van der Waals surface area contributed by atoms with E-state index in [1.54, 1.807) is 0 Å². The standard InChI is InChI=1S/C24H29ClN4O/c1-27(2)23-13-16-29(17-23)22-9-7-21(8-10-22)26-24(30)28-14-11-19(12-15-28)18-3-5-20(25)6-4-18/h3-11,23H,12-17H2,1-2H3,(H,26,30). The number of amides is 2. The summed E-state index contributed by atoms with van der Waals surface area (Å²) in [5, 5.41) is 3.77. The van der Waals surface area contributed by atoms with Crippen molar-refractivity contribution in [3.05, 3.63) is 65.2 Å². The van der Waals surface area contributed by atoms with Gasteiger partial charge in [-0.15, -0.1) is 0 Å². The Hall–Kier alpha value is -2.50. The Morgan fingerprint density at radius 3 is 2.40 bits per heavy atom. The predicted molar refractivity (Wildman–Crippen MR) is 125 cm³/mol. The van der Waals surface area contributed by atoms with Gasteiger partial charge < -0.3 is 20.0 Å². The number of nitrogens with zero attached hydrogens (tertiary/aromatic N) is 3. The predicted octanol–water partition coefficient (Wildman–Crippen LogP) is 4.80.